The molecule has 0 radical (unpaired) electrons. The van der Waals surface area contributed by atoms with E-state index >= 15 is 0 Å². The highest BCUT2D eigenvalue weighted by Gasteiger charge is 2.29. The van der Waals surface area contributed by atoms with Gasteiger partial charge >= 0.3 is 0 Å². The van der Waals surface area contributed by atoms with Gasteiger partial charge in [-0.1, -0.05) is 30.8 Å². The van der Waals surface area contributed by atoms with E-state index < -0.39 is 0 Å². The maximum atomic E-state index is 5.55. The summed E-state index contributed by atoms with van der Waals surface area (Å²) in [6.45, 7) is 6.11. The highest BCUT2D eigenvalue weighted by atomic mass is 32.2. The Hall–Kier alpha value is -2.04. The largest absolute Gasteiger partial charge is 0.381 e. The standard InChI is InChI=1S/C22H24N2OS/c1-17-23-12-13-24(17)19-6-8-20(9-7-19)26-21-5-3-4-18(16-21)22(2)10-14-25-15-11-22/h3-9,12-13,16H,10-11,14-15H2,1-2H3. The van der Waals surface area contributed by atoms with Crippen LogP contribution in [-0.4, -0.2) is 22.8 Å². The number of aryl methyl sites for hydroxylation is 1. The maximum Gasteiger partial charge on any atom is 0.110 e. The van der Waals surface area contributed by atoms with Crippen LogP contribution in [0.5, 0.6) is 0 Å². The Morgan fingerprint density at radius 1 is 1.04 bits per heavy atom. The minimum atomic E-state index is 0.234. The molecule has 0 amide bonds. The van der Waals surface area contributed by atoms with E-state index in [9.17, 15) is 0 Å². The molecule has 0 bridgehead atoms. The van der Waals surface area contributed by atoms with Gasteiger partial charge in [-0.25, -0.2) is 4.98 Å². The second kappa shape index (κ2) is 7.29. The first-order valence-electron chi connectivity index (χ1n) is 9.11. The van der Waals surface area contributed by atoms with Crippen molar-refractivity contribution in [3.8, 4) is 5.69 Å². The number of aromatic nitrogens is 2. The van der Waals surface area contributed by atoms with Gasteiger partial charge < -0.3 is 9.30 Å². The third-order valence-corrected chi connectivity index (χ3v) is 6.30. The summed E-state index contributed by atoms with van der Waals surface area (Å²) in [5.41, 5.74) is 2.81. The number of hydrogen-bond acceptors (Lipinski definition) is 3. The molecule has 0 atom stereocenters. The molecule has 0 aliphatic carbocycles. The zero-order chi connectivity index (χ0) is 18.0. The number of ether oxygens (including phenoxy) is 1. The monoisotopic (exact) mass is 364 g/mol. The van der Waals surface area contributed by atoms with Gasteiger partial charge in [0.1, 0.15) is 5.82 Å². The zero-order valence-corrected chi connectivity index (χ0v) is 16.1. The van der Waals surface area contributed by atoms with Gasteiger partial charge in [-0.05, 0) is 67.1 Å². The third kappa shape index (κ3) is 3.57. The fourth-order valence-electron chi connectivity index (χ4n) is 3.51. The Morgan fingerprint density at radius 3 is 2.50 bits per heavy atom. The summed E-state index contributed by atoms with van der Waals surface area (Å²) >= 11 is 1.82. The molecule has 1 aliphatic heterocycles. The fraction of sp³-hybridized carbons (Fsp3) is 0.318. The predicted octanol–water partition coefficient (Wildman–Crippen LogP) is 5.40. The van der Waals surface area contributed by atoms with Crippen LogP contribution >= 0.6 is 11.8 Å². The molecule has 1 aliphatic rings. The summed E-state index contributed by atoms with van der Waals surface area (Å²) < 4.78 is 7.65. The summed E-state index contributed by atoms with van der Waals surface area (Å²) in [6, 6.07) is 17.7. The minimum absolute atomic E-state index is 0.234. The second-order valence-corrected chi connectivity index (χ2v) is 8.29. The number of imidazole rings is 1. The second-order valence-electron chi connectivity index (χ2n) is 7.14. The highest BCUT2D eigenvalue weighted by molar-refractivity contribution is 7.99. The van der Waals surface area contributed by atoms with Crippen LogP contribution in [0.2, 0.25) is 0 Å². The summed E-state index contributed by atoms with van der Waals surface area (Å²) in [5, 5.41) is 0. The minimum Gasteiger partial charge on any atom is -0.381 e. The van der Waals surface area contributed by atoms with Crippen molar-refractivity contribution in [3.63, 3.8) is 0 Å². The molecule has 134 valence electrons. The van der Waals surface area contributed by atoms with E-state index in [2.05, 4.69) is 65.0 Å². The van der Waals surface area contributed by atoms with Crippen LogP contribution in [0.3, 0.4) is 0 Å². The average Bonchev–Trinajstić information content (AvgIpc) is 3.09. The van der Waals surface area contributed by atoms with Gasteiger partial charge in [-0.15, -0.1) is 0 Å². The first kappa shape index (κ1) is 17.4. The molecule has 4 heteroatoms. The molecule has 3 nitrogen and oxygen atoms in total. The van der Waals surface area contributed by atoms with Crippen molar-refractivity contribution in [2.45, 2.75) is 41.9 Å². The van der Waals surface area contributed by atoms with Gasteiger partial charge in [0, 0.05) is 41.1 Å². The van der Waals surface area contributed by atoms with Crippen LogP contribution in [0.15, 0.2) is 70.7 Å². The molecule has 1 saturated heterocycles. The van der Waals surface area contributed by atoms with E-state index in [0.717, 1.165) is 37.6 Å². The quantitative estimate of drug-likeness (QED) is 0.620. The van der Waals surface area contributed by atoms with E-state index in [-0.39, 0.29) is 5.41 Å². The third-order valence-electron chi connectivity index (χ3n) is 5.30. The van der Waals surface area contributed by atoms with Crippen LogP contribution < -0.4 is 0 Å². The Labute approximate surface area is 159 Å². The lowest BCUT2D eigenvalue weighted by Gasteiger charge is -2.34. The van der Waals surface area contributed by atoms with Crippen molar-refractivity contribution in [1.29, 1.82) is 0 Å². The van der Waals surface area contributed by atoms with Crippen LogP contribution in [0.1, 0.15) is 31.2 Å². The fourth-order valence-corrected chi connectivity index (χ4v) is 4.38. The summed E-state index contributed by atoms with van der Waals surface area (Å²) in [6.07, 6.45) is 6.02. The number of hydrogen-bond donors (Lipinski definition) is 0. The van der Waals surface area contributed by atoms with E-state index in [0.29, 0.717) is 0 Å². The molecule has 0 N–H and O–H groups in total. The van der Waals surface area contributed by atoms with Crippen molar-refractivity contribution < 1.29 is 4.74 Å². The molecule has 4 rings (SSSR count). The molecular weight excluding hydrogens is 340 g/mol. The lowest BCUT2D eigenvalue weighted by Crippen LogP contribution is -2.30. The Bertz CT molecular complexity index is 879. The SMILES string of the molecule is Cc1nccn1-c1ccc(Sc2cccc(C3(C)CCOCC3)c2)cc1. The Kier molecular flexibility index (Phi) is 4.88. The van der Waals surface area contributed by atoms with Crippen molar-refractivity contribution in [2.75, 3.05) is 13.2 Å². The summed E-state index contributed by atoms with van der Waals surface area (Å²) in [4.78, 5) is 6.84. The van der Waals surface area contributed by atoms with Crippen molar-refractivity contribution >= 4 is 11.8 Å². The van der Waals surface area contributed by atoms with Gasteiger partial charge in [0.15, 0.2) is 0 Å². The van der Waals surface area contributed by atoms with E-state index in [1.807, 2.05) is 31.1 Å². The van der Waals surface area contributed by atoms with Crippen molar-refractivity contribution in [2.24, 2.45) is 0 Å². The molecular formula is C22H24N2OS. The lowest BCUT2D eigenvalue weighted by atomic mass is 9.76. The predicted molar refractivity (Wildman–Crippen MR) is 106 cm³/mol. The molecule has 3 aromatic rings. The Balaban J connectivity index is 1.52. The molecule has 0 saturated carbocycles. The van der Waals surface area contributed by atoms with Crippen LogP contribution in [0.25, 0.3) is 5.69 Å². The molecule has 0 unspecified atom stereocenters. The molecule has 26 heavy (non-hydrogen) atoms. The van der Waals surface area contributed by atoms with Crippen LogP contribution in [-0.2, 0) is 10.2 Å². The number of benzene rings is 2. The van der Waals surface area contributed by atoms with Crippen LogP contribution in [0, 0.1) is 6.92 Å². The van der Waals surface area contributed by atoms with E-state index in [4.69, 9.17) is 4.74 Å². The van der Waals surface area contributed by atoms with Gasteiger partial charge in [-0.2, -0.15) is 0 Å². The molecule has 2 heterocycles. The van der Waals surface area contributed by atoms with Crippen LogP contribution in [0.4, 0.5) is 0 Å². The first-order chi connectivity index (χ1) is 12.6. The van der Waals surface area contributed by atoms with Crippen molar-refractivity contribution in [1.82, 2.24) is 9.55 Å². The number of nitrogens with zero attached hydrogens (tertiary/aromatic N) is 2. The van der Waals surface area contributed by atoms with Gasteiger partial charge in [-0.3, -0.25) is 0 Å². The topological polar surface area (TPSA) is 27.1 Å². The van der Waals surface area contributed by atoms with Gasteiger partial charge in [0.25, 0.3) is 0 Å². The van der Waals surface area contributed by atoms with E-state index in [1.54, 1.807) is 0 Å². The summed E-state index contributed by atoms with van der Waals surface area (Å²) in [7, 11) is 0. The molecule has 1 aromatic heterocycles. The summed E-state index contributed by atoms with van der Waals surface area (Å²) in [5.74, 6) is 1.00. The van der Waals surface area contributed by atoms with E-state index in [1.165, 1.54) is 15.4 Å². The van der Waals surface area contributed by atoms with Gasteiger partial charge in [0.2, 0.25) is 0 Å². The first-order valence-corrected chi connectivity index (χ1v) is 9.92. The smallest absolute Gasteiger partial charge is 0.110 e. The normalized spacial score (nSPS) is 16.5. The number of rotatable bonds is 4. The molecule has 2 aromatic carbocycles. The lowest BCUT2D eigenvalue weighted by molar-refractivity contribution is 0.0564. The Morgan fingerprint density at radius 2 is 1.81 bits per heavy atom. The average molecular weight is 365 g/mol. The molecule has 0 spiro atoms. The molecule has 1 fully saturated rings. The maximum absolute atomic E-state index is 5.55. The highest BCUT2D eigenvalue weighted by Crippen LogP contribution is 2.37. The van der Waals surface area contributed by atoms with Crippen molar-refractivity contribution in [3.05, 3.63) is 72.3 Å². The van der Waals surface area contributed by atoms with Gasteiger partial charge in [0.05, 0.1) is 0 Å². The zero-order valence-electron chi connectivity index (χ0n) is 15.3.